The van der Waals surface area contributed by atoms with Gasteiger partial charge in [-0.15, -0.1) is 0 Å². The van der Waals surface area contributed by atoms with Gasteiger partial charge in [-0.25, -0.2) is 0 Å². The maximum absolute atomic E-state index is 5.66. The summed E-state index contributed by atoms with van der Waals surface area (Å²) >= 11 is 0. The van der Waals surface area contributed by atoms with Crippen molar-refractivity contribution in [2.45, 2.75) is 45.3 Å². The molecule has 3 aliphatic rings. The van der Waals surface area contributed by atoms with E-state index in [9.17, 15) is 0 Å². The summed E-state index contributed by atoms with van der Waals surface area (Å²) in [6.07, 6.45) is 3.30. The molecule has 62 valence electrons. The van der Waals surface area contributed by atoms with Gasteiger partial charge in [0.2, 0.25) is 0 Å². The molecular formula is C10H16O. The van der Waals surface area contributed by atoms with Gasteiger partial charge in [-0.1, -0.05) is 13.8 Å². The molecule has 0 aromatic rings. The zero-order valence-electron chi connectivity index (χ0n) is 7.55. The first-order valence-corrected chi connectivity index (χ1v) is 4.72. The fraction of sp³-hybridized carbons (Fsp3) is 1.00. The van der Waals surface area contributed by atoms with E-state index in [4.69, 9.17) is 4.74 Å². The number of hydrogen-bond acceptors (Lipinski definition) is 1. The van der Waals surface area contributed by atoms with Gasteiger partial charge in [-0.3, -0.25) is 0 Å². The Labute approximate surface area is 68.1 Å². The van der Waals surface area contributed by atoms with Crippen LogP contribution in [0.3, 0.4) is 0 Å². The van der Waals surface area contributed by atoms with Gasteiger partial charge in [0.15, 0.2) is 0 Å². The lowest BCUT2D eigenvalue weighted by Crippen LogP contribution is -2.16. The molecular weight excluding hydrogens is 136 g/mol. The Bertz CT molecular complexity index is 221. The molecule has 1 saturated heterocycles. The molecule has 4 atom stereocenters. The highest BCUT2D eigenvalue weighted by Gasteiger charge is 2.70. The van der Waals surface area contributed by atoms with E-state index in [1.165, 1.54) is 12.8 Å². The maximum atomic E-state index is 5.66. The summed E-state index contributed by atoms with van der Waals surface area (Å²) in [6, 6.07) is 0. The van der Waals surface area contributed by atoms with Crippen LogP contribution in [-0.4, -0.2) is 11.7 Å². The summed E-state index contributed by atoms with van der Waals surface area (Å²) in [5.74, 6) is 1.97. The average Bonchev–Trinajstić information content (AvgIpc) is 2.68. The van der Waals surface area contributed by atoms with Gasteiger partial charge >= 0.3 is 0 Å². The van der Waals surface area contributed by atoms with Gasteiger partial charge in [-0.05, 0) is 37.0 Å². The number of epoxide rings is 1. The minimum absolute atomic E-state index is 0.314. The fourth-order valence-electron chi connectivity index (χ4n) is 3.17. The van der Waals surface area contributed by atoms with Crippen LogP contribution in [0.1, 0.15) is 33.6 Å². The first-order valence-electron chi connectivity index (χ1n) is 4.72. The Balaban J connectivity index is 1.85. The molecule has 0 amide bonds. The summed E-state index contributed by atoms with van der Waals surface area (Å²) in [5, 5.41) is 0. The normalized spacial score (nSPS) is 63.0. The topological polar surface area (TPSA) is 12.5 Å². The highest BCUT2D eigenvalue weighted by Crippen LogP contribution is 2.70. The predicted octanol–water partition coefficient (Wildman–Crippen LogP) is 2.21. The van der Waals surface area contributed by atoms with E-state index in [1.807, 2.05) is 0 Å². The lowest BCUT2D eigenvalue weighted by Gasteiger charge is -2.09. The zero-order chi connectivity index (χ0) is 7.85. The largest absolute Gasteiger partial charge is 0.366 e. The van der Waals surface area contributed by atoms with Crippen molar-refractivity contribution < 1.29 is 4.74 Å². The Morgan fingerprint density at radius 3 is 2.55 bits per heavy atom. The monoisotopic (exact) mass is 152 g/mol. The van der Waals surface area contributed by atoms with Gasteiger partial charge in [0, 0.05) is 0 Å². The van der Waals surface area contributed by atoms with Crippen LogP contribution in [0.15, 0.2) is 0 Å². The highest BCUT2D eigenvalue weighted by atomic mass is 16.6. The molecule has 1 heterocycles. The molecule has 0 unspecified atom stereocenters. The van der Waals surface area contributed by atoms with Crippen molar-refractivity contribution >= 4 is 0 Å². The van der Waals surface area contributed by atoms with Gasteiger partial charge in [0.25, 0.3) is 0 Å². The molecule has 0 radical (unpaired) electrons. The summed E-state index contributed by atoms with van der Waals surface area (Å²) in [4.78, 5) is 0. The van der Waals surface area contributed by atoms with Gasteiger partial charge in [-0.2, -0.15) is 0 Å². The minimum atomic E-state index is 0.314. The molecule has 0 N–H and O–H groups in total. The molecule has 1 aliphatic heterocycles. The Morgan fingerprint density at radius 2 is 1.91 bits per heavy atom. The summed E-state index contributed by atoms with van der Waals surface area (Å²) in [7, 11) is 0. The summed E-state index contributed by atoms with van der Waals surface area (Å²) in [5.41, 5.74) is 0.967. The smallest absolute Gasteiger partial charge is 0.0923 e. The molecule has 3 fully saturated rings. The van der Waals surface area contributed by atoms with Crippen LogP contribution in [0.4, 0.5) is 0 Å². The van der Waals surface area contributed by atoms with Gasteiger partial charge < -0.3 is 4.74 Å². The van der Waals surface area contributed by atoms with Crippen LogP contribution in [0.2, 0.25) is 0 Å². The van der Waals surface area contributed by atoms with E-state index in [2.05, 4.69) is 20.8 Å². The molecule has 1 heteroatoms. The first kappa shape index (κ1) is 6.47. The number of ether oxygens (including phenoxy) is 1. The Kier molecular flexibility index (Phi) is 0.820. The van der Waals surface area contributed by atoms with Crippen LogP contribution in [0.25, 0.3) is 0 Å². The van der Waals surface area contributed by atoms with Crippen molar-refractivity contribution in [3.05, 3.63) is 0 Å². The highest BCUT2D eigenvalue weighted by molar-refractivity contribution is 5.18. The Morgan fingerprint density at radius 1 is 1.18 bits per heavy atom. The second-order valence-corrected chi connectivity index (χ2v) is 5.39. The fourth-order valence-corrected chi connectivity index (χ4v) is 3.17. The Hall–Kier alpha value is -0.0400. The van der Waals surface area contributed by atoms with E-state index >= 15 is 0 Å². The summed E-state index contributed by atoms with van der Waals surface area (Å²) in [6.45, 7) is 7.11. The molecule has 2 saturated carbocycles. The third-order valence-electron chi connectivity index (χ3n) is 4.42. The standard InChI is InChI=1S/C10H16O/c1-9(2)6-4-8-10(3,11-8)5-7(6)9/h6-8H,4-5H2,1-3H3/t6-,7+,8+,10+/m0/s1. The third-order valence-corrected chi connectivity index (χ3v) is 4.42. The van der Waals surface area contributed by atoms with E-state index in [-0.39, 0.29) is 0 Å². The van der Waals surface area contributed by atoms with Crippen molar-refractivity contribution in [3.63, 3.8) is 0 Å². The lowest BCUT2D eigenvalue weighted by molar-refractivity contribution is 0.282. The third kappa shape index (κ3) is 0.618. The van der Waals surface area contributed by atoms with E-state index < -0.39 is 0 Å². The molecule has 2 aliphatic carbocycles. The zero-order valence-corrected chi connectivity index (χ0v) is 7.55. The van der Waals surface area contributed by atoms with Crippen LogP contribution in [0.5, 0.6) is 0 Å². The van der Waals surface area contributed by atoms with Crippen LogP contribution < -0.4 is 0 Å². The van der Waals surface area contributed by atoms with Crippen molar-refractivity contribution in [2.24, 2.45) is 17.3 Å². The second kappa shape index (κ2) is 1.39. The first-order chi connectivity index (χ1) is 5.04. The van der Waals surface area contributed by atoms with Crippen LogP contribution in [0, 0.1) is 17.3 Å². The van der Waals surface area contributed by atoms with Crippen molar-refractivity contribution in [2.75, 3.05) is 0 Å². The minimum Gasteiger partial charge on any atom is -0.366 e. The van der Waals surface area contributed by atoms with Gasteiger partial charge in [0.1, 0.15) is 0 Å². The quantitative estimate of drug-likeness (QED) is 0.485. The molecule has 0 bridgehead atoms. The summed E-state index contributed by atoms with van der Waals surface area (Å²) < 4.78 is 5.66. The number of rotatable bonds is 0. The van der Waals surface area contributed by atoms with E-state index in [0.29, 0.717) is 17.1 Å². The van der Waals surface area contributed by atoms with Gasteiger partial charge in [0.05, 0.1) is 11.7 Å². The molecule has 0 aromatic carbocycles. The number of fused-ring (bicyclic) bond motifs is 2. The van der Waals surface area contributed by atoms with Crippen molar-refractivity contribution in [3.8, 4) is 0 Å². The maximum Gasteiger partial charge on any atom is 0.0923 e. The number of hydrogen-bond donors (Lipinski definition) is 0. The molecule has 0 aromatic heterocycles. The molecule has 11 heavy (non-hydrogen) atoms. The van der Waals surface area contributed by atoms with Crippen LogP contribution >= 0.6 is 0 Å². The predicted molar refractivity (Wildman–Crippen MR) is 43.3 cm³/mol. The molecule has 0 spiro atoms. The molecule has 1 nitrogen and oxygen atoms in total. The molecule has 3 rings (SSSR count). The lowest BCUT2D eigenvalue weighted by atomic mass is 9.91. The van der Waals surface area contributed by atoms with Crippen molar-refractivity contribution in [1.82, 2.24) is 0 Å². The van der Waals surface area contributed by atoms with E-state index in [0.717, 1.165) is 11.8 Å². The second-order valence-electron chi connectivity index (χ2n) is 5.39. The average molecular weight is 152 g/mol. The van der Waals surface area contributed by atoms with Crippen molar-refractivity contribution in [1.29, 1.82) is 0 Å². The van der Waals surface area contributed by atoms with Crippen LogP contribution in [-0.2, 0) is 4.74 Å². The SMILES string of the molecule is CC1(C)[C@@H]2C[C@@]3(C)O[C@@H]3C[C@@H]21. The van der Waals surface area contributed by atoms with E-state index in [1.54, 1.807) is 0 Å².